The third kappa shape index (κ3) is 4.22. The molecule has 1 aromatic carbocycles. The highest BCUT2D eigenvalue weighted by atomic mass is 32.1. The number of hydrogen-bond donors (Lipinski definition) is 1. The fraction of sp³-hybridized carbons (Fsp3) is 0.571. The maximum atomic E-state index is 11.7. The number of nitrogens with one attached hydrogen (secondary N) is 1. The van der Waals surface area contributed by atoms with E-state index in [4.69, 9.17) is 0 Å². The van der Waals surface area contributed by atoms with Crippen LogP contribution in [-0.2, 0) is 0 Å². The van der Waals surface area contributed by atoms with Crippen molar-refractivity contribution in [2.24, 2.45) is 5.92 Å². The van der Waals surface area contributed by atoms with Gasteiger partial charge in [-0.1, -0.05) is 6.07 Å². The highest BCUT2D eigenvalue weighted by Gasteiger charge is 2.31. The summed E-state index contributed by atoms with van der Waals surface area (Å²) in [6, 6.07) is 9.34. The van der Waals surface area contributed by atoms with E-state index in [0.717, 1.165) is 44.9 Å². The molecule has 4 rings (SSSR count). The molecule has 2 fully saturated rings. The van der Waals surface area contributed by atoms with Gasteiger partial charge in [0.25, 0.3) is 0 Å². The molecule has 0 unspecified atom stereocenters. The van der Waals surface area contributed by atoms with E-state index in [2.05, 4.69) is 44.8 Å². The Morgan fingerprint density at radius 2 is 1.96 bits per heavy atom. The van der Waals surface area contributed by atoms with Crippen LogP contribution in [-0.4, -0.2) is 68.7 Å². The van der Waals surface area contributed by atoms with E-state index >= 15 is 0 Å². The first-order chi connectivity index (χ1) is 13.1. The molecule has 1 aromatic heterocycles. The van der Waals surface area contributed by atoms with Gasteiger partial charge in [-0.05, 0) is 55.3 Å². The van der Waals surface area contributed by atoms with Crippen molar-refractivity contribution in [3.8, 4) is 0 Å². The largest absolute Gasteiger partial charge is 0.368 e. The Bertz CT molecular complexity index is 775. The molecule has 1 aliphatic heterocycles. The topological polar surface area (TPSA) is 38.8 Å². The van der Waals surface area contributed by atoms with Gasteiger partial charge < -0.3 is 15.1 Å². The molecule has 1 N–H and O–H groups in total. The van der Waals surface area contributed by atoms with E-state index in [1.54, 1.807) is 19.0 Å². The van der Waals surface area contributed by atoms with Gasteiger partial charge in [0.2, 0.25) is 0 Å². The highest BCUT2D eigenvalue weighted by molar-refractivity contribution is 7.17. The third-order valence-corrected chi connectivity index (χ3v) is 6.89. The summed E-state index contributed by atoms with van der Waals surface area (Å²) in [6.07, 6.45) is 3.54. The van der Waals surface area contributed by atoms with Crippen LogP contribution in [0.2, 0.25) is 0 Å². The van der Waals surface area contributed by atoms with Crippen LogP contribution >= 0.6 is 11.3 Å². The standard InChI is InChI=1S/C21H30N4OS/c1-23(2)21(26)22-17-14-16(15-17)6-8-24-9-11-25(12-10-24)19-4-3-5-20-18(19)7-13-27-20/h3-5,7,13,16-17H,6,8-12,14-15H2,1-2H3,(H,22,26)/t16-,17-. The van der Waals surface area contributed by atoms with Crippen LogP contribution in [0.25, 0.3) is 10.1 Å². The average molecular weight is 387 g/mol. The smallest absolute Gasteiger partial charge is 0.317 e. The van der Waals surface area contributed by atoms with Gasteiger partial charge in [-0.25, -0.2) is 4.79 Å². The minimum atomic E-state index is 0.0372. The van der Waals surface area contributed by atoms with Crippen molar-refractivity contribution in [2.75, 3.05) is 51.7 Å². The van der Waals surface area contributed by atoms with Crippen LogP contribution in [0.1, 0.15) is 19.3 Å². The van der Waals surface area contributed by atoms with Crippen LogP contribution in [0, 0.1) is 5.92 Å². The Hall–Kier alpha value is -1.79. The molecule has 1 saturated carbocycles. The Labute approximate surface area is 165 Å². The van der Waals surface area contributed by atoms with Crippen LogP contribution in [0.15, 0.2) is 29.6 Å². The molecule has 6 heteroatoms. The first-order valence-corrected chi connectivity index (χ1v) is 10.9. The molecular formula is C21H30N4OS. The maximum absolute atomic E-state index is 11.7. The molecular weight excluding hydrogens is 356 g/mol. The van der Waals surface area contributed by atoms with Gasteiger partial charge in [-0.3, -0.25) is 4.90 Å². The number of benzene rings is 1. The molecule has 2 heterocycles. The molecule has 27 heavy (non-hydrogen) atoms. The summed E-state index contributed by atoms with van der Waals surface area (Å²) in [4.78, 5) is 18.4. The second-order valence-electron chi connectivity index (χ2n) is 8.11. The second kappa shape index (κ2) is 8.07. The number of carbonyl (C=O) groups excluding carboxylic acids is 1. The number of fused-ring (bicyclic) bond motifs is 1. The molecule has 1 saturated heterocycles. The number of piperazine rings is 1. The number of anilines is 1. The van der Waals surface area contributed by atoms with Crippen LogP contribution in [0.4, 0.5) is 10.5 Å². The van der Waals surface area contributed by atoms with Crippen LogP contribution < -0.4 is 10.2 Å². The van der Waals surface area contributed by atoms with Crippen molar-refractivity contribution in [1.82, 2.24) is 15.1 Å². The lowest BCUT2D eigenvalue weighted by Crippen LogP contribution is -2.49. The summed E-state index contributed by atoms with van der Waals surface area (Å²) in [5.41, 5.74) is 1.40. The summed E-state index contributed by atoms with van der Waals surface area (Å²) in [7, 11) is 3.59. The molecule has 0 spiro atoms. The van der Waals surface area contributed by atoms with Crippen molar-refractivity contribution in [2.45, 2.75) is 25.3 Å². The summed E-state index contributed by atoms with van der Waals surface area (Å²) < 4.78 is 1.39. The summed E-state index contributed by atoms with van der Waals surface area (Å²) in [5.74, 6) is 0.773. The Balaban J connectivity index is 1.19. The zero-order valence-electron chi connectivity index (χ0n) is 16.4. The predicted octanol–water partition coefficient (Wildman–Crippen LogP) is 3.46. The summed E-state index contributed by atoms with van der Waals surface area (Å²) in [6.45, 7) is 5.71. The Morgan fingerprint density at radius 3 is 2.70 bits per heavy atom. The lowest BCUT2D eigenvalue weighted by Gasteiger charge is -2.40. The second-order valence-corrected chi connectivity index (χ2v) is 9.05. The van der Waals surface area contributed by atoms with Gasteiger partial charge in [0.05, 0.1) is 0 Å². The molecule has 146 valence electrons. The van der Waals surface area contributed by atoms with E-state index in [1.807, 2.05) is 11.3 Å². The van der Waals surface area contributed by atoms with Crippen LogP contribution in [0.5, 0.6) is 0 Å². The van der Waals surface area contributed by atoms with Crippen molar-refractivity contribution < 1.29 is 4.79 Å². The van der Waals surface area contributed by atoms with E-state index in [-0.39, 0.29) is 6.03 Å². The fourth-order valence-corrected chi connectivity index (χ4v) is 5.03. The number of rotatable bonds is 5. The molecule has 5 nitrogen and oxygen atoms in total. The summed E-state index contributed by atoms with van der Waals surface area (Å²) in [5, 5.41) is 6.68. The zero-order chi connectivity index (χ0) is 18.8. The monoisotopic (exact) mass is 386 g/mol. The number of nitrogens with zero attached hydrogens (tertiary/aromatic N) is 3. The quantitative estimate of drug-likeness (QED) is 0.855. The highest BCUT2D eigenvalue weighted by Crippen LogP contribution is 2.32. The zero-order valence-corrected chi connectivity index (χ0v) is 17.2. The lowest BCUT2D eigenvalue weighted by atomic mass is 9.78. The molecule has 2 aliphatic rings. The van der Waals surface area contributed by atoms with Gasteiger partial charge in [0, 0.05) is 62.1 Å². The first kappa shape index (κ1) is 18.6. The number of thiophene rings is 1. The van der Waals surface area contributed by atoms with E-state index in [0.29, 0.717) is 6.04 Å². The third-order valence-electron chi connectivity index (χ3n) is 6.01. The molecule has 0 bridgehead atoms. The van der Waals surface area contributed by atoms with E-state index in [1.165, 1.54) is 28.7 Å². The summed E-state index contributed by atoms with van der Waals surface area (Å²) >= 11 is 1.83. The van der Waals surface area contributed by atoms with Crippen molar-refractivity contribution in [3.63, 3.8) is 0 Å². The minimum absolute atomic E-state index is 0.0372. The van der Waals surface area contributed by atoms with Gasteiger partial charge in [0.1, 0.15) is 0 Å². The average Bonchev–Trinajstić information content (AvgIpc) is 3.12. The van der Waals surface area contributed by atoms with Crippen molar-refractivity contribution >= 4 is 33.1 Å². The Morgan fingerprint density at radius 1 is 1.19 bits per heavy atom. The predicted molar refractivity (Wildman–Crippen MR) is 114 cm³/mol. The van der Waals surface area contributed by atoms with Gasteiger partial charge in [0.15, 0.2) is 0 Å². The molecule has 0 radical (unpaired) electrons. The number of urea groups is 1. The van der Waals surface area contributed by atoms with Crippen LogP contribution in [0.3, 0.4) is 0 Å². The number of amides is 2. The molecule has 2 amide bonds. The van der Waals surface area contributed by atoms with Gasteiger partial charge in [-0.15, -0.1) is 11.3 Å². The van der Waals surface area contributed by atoms with Gasteiger partial charge >= 0.3 is 6.03 Å². The lowest BCUT2D eigenvalue weighted by molar-refractivity contribution is 0.162. The Kier molecular flexibility index (Phi) is 5.55. The van der Waals surface area contributed by atoms with Crippen molar-refractivity contribution in [1.29, 1.82) is 0 Å². The minimum Gasteiger partial charge on any atom is -0.368 e. The van der Waals surface area contributed by atoms with E-state index < -0.39 is 0 Å². The normalized spacial score (nSPS) is 23.3. The molecule has 1 aliphatic carbocycles. The van der Waals surface area contributed by atoms with E-state index in [9.17, 15) is 4.79 Å². The SMILES string of the molecule is CN(C)C(=O)N[C@H]1C[C@H](CCN2CCN(c3cccc4sccc34)CC2)C1. The van der Waals surface area contributed by atoms with Crippen molar-refractivity contribution in [3.05, 3.63) is 29.6 Å². The molecule has 2 aromatic rings. The first-order valence-electron chi connectivity index (χ1n) is 10.0. The number of carbonyl (C=O) groups is 1. The van der Waals surface area contributed by atoms with Gasteiger partial charge in [-0.2, -0.15) is 0 Å². The molecule has 0 atom stereocenters. The number of hydrogen-bond acceptors (Lipinski definition) is 4. The maximum Gasteiger partial charge on any atom is 0.317 e. The fourth-order valence-electron chi connectivity index (χ4n) is 4.22.